The summed E-state index contributed by atoms with van der Waals surface area (Å²) in [5, 5.41) is 1.27. The summed E-state index contributed by atoms with van der Waals surface area (Å²) in [7, 11) is 0. The van der Waals surface area contributed by atoms with Gasteiger partial charge in [-0.2, -0.15) is 4.98 Å². The Kier molecular flexibility index (Phi) is 5.40. The van der Waals surface area contributed by atoms with Crippen LogP contribution >= 0.6 is 23.2 Å². The lowest BCUT2D eigenvalue weighted by Gasteiger charge is -2.12. The van der Waals surface area contributed by atoms with Gasteiger partial charge in [-0.15, -0.1) is 0 Å². The van der Waals surface area contributed by atoms with Crippen molar-refractivity contribution in [3.8, 4) is 11.6 Å². The maximum absolute atomic E-state index is 6.04. The fourth-order valence-electron chi connectivity index (χ4n) is 2.36. The van der Waals surface area contributed by atoms with Gasteiger partial charge >= 0.3 is 0 Å². The smallest absolute Gasteiger partial charge is 0.263 e. The number of hydrogen-bond acceptors (Lipinski definition) is 5. The van der Waals surface area contributed by atoms with Gasteiger partial charge < -0.3 is 20.2 Å². The zero-order valence-corrected chi connectivity index (χ0v) is 14.3. The zero-order valence-electron chi connectivity index (χ0n) is 12.8. The van der Waals surface area contributed by atoms with Crippen molar-refractivity contribution in [2.75, 3.05) is 19.8 Å². The molecule has 0 aliphatic rings. The molecule has 3 aromatic rings. The van der Waals surface area contributed by atoms with Crippen molar-refractivity contribution < 1.29 is 9.47 Å². The van der Waals surface area contributed by atoms with Crippen LogP contribution < -0.4 is 15.2 Å². The maximum atomic E-state index is 6.04. The predicted octanol–water partition coefficient (Wildman–Crippen LogP) is 3.22. The Hall–Kier alpha value is -2.02. The molecular weight excluding hydrogens is 351 g/mol. The third-order valence-corrected chi connectivity index (χ3v) is 3.84. The second-order valence-electron chi connectivity index (χ2n) is 5.01. The highest BCUT2D eigenvalue weighted by Crippen LogP contribution is 2.33. The number of hydrogen-bond donors (Lipinski definition) is 2. The number of para-hydroxylation sites is 1. The van der Waals surface area contributed by atoms with Gasteiger partial charge in [0.15, 0.2) is 5.15 Å². The molecule has 3 N–H and O–H groups in total. The van der Waals surface area contributed by atoms with E-state index in [0.29, 0.717) is 19.6 Å². The zero-order chi connectivity index (χ0) is 16.9. The van der Waals surface area contributed by atoms with Crippen LogP contribution in [0.1, 0.15) is 5.56 Å². The maximum Gasteiger partial charge on any atom is 0.263 e. The molecule has 0 unspecified atom stereocenters. The quantitative estimate of drug-likeness (QED) is 0.495. The van der Waals surface area contributed by atoms with Gasteiger partial charge in [-0.05, 0) is 23.2 Å². The van der Waals surface area contributed by atoms with Gasteiger partial charge in [0, 0.05) is 30.1 Å². The third kappa shape index (κ3) is 3.72. The predicted molar refractivity (Wildman–Crippen MR) is 94.1 cm³/mol. The first kappa shape index (κ1) is 16.8. The van der Waals surface area contributed by atoms with Gasteiger partial charge in [0.05, 0.1) is 6.61 Å². The number of nitrogens with one attached hydrogen (secondary N) is 1. The van der Waals surface area contributed by atoms with Gasteiger partial charge in [0.1, 0.15) is 6.61 Å². The molecule has 2 heterocycles. The average molecular weight is 367 g/mol. The minimum absolute atomic E-state index is 0.00203. The van der Waals surface area contributed by atoms with Crippen LogP contribution in [0.25, 0.3) is 10.9 Å². The number of H-pyrrole nitrogens is 1. The highest BCUT2D eigenvalue weighted by atomic mass is 35.5. The van der Waals surface area contributed by atoms with Crippen LogP contribution in [0.2, 0.25) is 10.4 Å². The lowest BCUT2D eigenvalue weighted by Crippen LogP contribution is -2.13. The van der Waals surface area contributed by atoms with Crippen LogP contribution in [0.3, 0.4) is 0 Å². The van der Waals surface area contributed by atoms with Crippen molar-refractivity contribution in [3.63, 3.8) is 0 Å². The van der Waals surface area contributed by atoms with E-state index >= 15 is 0 Å². The molecule has 0 saturated heterocycles. The molecule has 1 aromatic carbocycles. The molecule has 6 nitrogen and oxygen atoms in total. The number of halogens is 2. The van der Waals surface area contributed by atoms with Crippen LogP contribution in [-0.4, -0.2) is 34.7 Å². The van der Waals surface area contributed by atoms with Crippen LogP contribution in [0.15, 0.2) is 30.5 Å². The monoisotopic (exact) mass is 366 g/mol. The molecule has 0 saturated carbocycles. The molecule has 0 aliphatic carbocycles. The average Bonchev–Trinajstić information content (AvgIpc) is 2.97. The van der Waals surface area contributed by atoms with Crippen molar-refractivity contribution >= 4 is 34.1 Å². The van der Waals surface area contributed by atoms with Gasteiger partial charge in [0.25, 0.3) is 5.88 Å². The number of aromatic nitrogens is 3. The van der Waals surface area contributed by atoms with E-state index in [2.05, 4.69) is 21.0 Å². The Morgan fingerprint density at radius 1 is 1.08 bits per heavy atom. The second kappa shape index (κ2) is 7.70. The topological polar surface area (TPSA) is 86.1 Å². The standard InChI is InChI=1S/C16H16Cl2N4O2/c17-14-13(23-8-6-19)15(22-16(18)21-14)24-7-5-10-9-20-12-4-2-1-3-11(10)12/h1-4,9,20H,5-8,19H2. The van der Waals surface area contributed by atoms with Crippen molar-refractivity contribution in [1.82, 2.24) is 15.0 Å². The van der Waals surface area contributed by atoms with Crippen molar-refractivity contribution in [3.05, 3.63) is 46.5 Å². The minimum Gasteiger partial charge on any atom is -0.484 e. The summed E-state index contributed by atoms with van der Waals surface area (Å²) in [4.78, 5) is 11.1. The van der Waals surface area contributed by atoms with E-state index in [0.717, 1.165) is 11.1 Å². The summed E-state index contributed by atoms with van der Waals surface area (Å²) in [6.07, 6.45) is 2.67. The summed E-state index contributed by atoms with van der Waals surface area (Å²) in [6, 6.07) is 8.09. The summed E-state index contributed by atoms with van der Waals surface area (Å²) >= 11 is 11.9. The first-order valence-corrected chi connectivity index (χ1v) is 8.18. The van der Waals surface area contributed by atoms with Gasteiger partial charge in [-0.3, -0.25) is 0 Å². The highest BCUT2D eigenvalue weighted by Gasteiger charge is 2.16. The molecule has 0 amide bonds. The Balaban J connectivity index is 1.72. The number of rotatable bonds is 7. The Bertz CT molecular complexity index is 838. The van der Waals surface area contributed by atoms with Gasteiger partial charge in [0.2, 0.25) is 11.0 Å². The summed E-state index contributed by atoms with van der Waals surface area (Å²) in [5.74, 6) is 0.471. The Labute approximate surface area is 148 Å². The molecule has 126 valence electrons. The number of nitrogens with zero attached hydrogens (tertiary/aromatic N) is 2. The fraction of sp³-hybridized carbons (Fsp3) is 0.250. The molecule has 0 atom stereocenters. The molecule has 0 bridgehead atoms. The molecule has 0 spiro atoms. The van der Waals surface area contributed by atoms with E-state index in [1.165, 1.54) is 5.39 Å². The van der Waals surface area contributed by atoms with E-state index in [4.69, 9.17) is 38.4 Å². The molecule has 2 aromatic heterocycles. The van der Waals surface area contributed by atoms with E-state index in [9.17, 15) is 0 Å². The molecule has 0 aliphatic heterocycles. The second-order valence-corrected chi connectivity index (χ2v) is 5.71. The lowest BCUT2D eigenvalue weighted by molar-refractivity contribution is 0.264. The van der Waals surface area contributed by atoms with E-state index in [1.807, 2.05) is 24.4 Å². The SMILES string of the molecule is NCCOc1c(Cl)nc(Cl)nc1OCCc1c[nH]c2ccccc12. The van der Waals surface area contributed by atoms with Crippen molar-refractivity contribution in [1.29, 1.82) is 0 Å². The third-order valence-electron chi connectivity index (χ3n) is 3.42. The molecule has 0 fully saturated rings. The first-order valence-electron chi connectivity index (χ1n) is 7.42. The summed E-state index contributed by atoms with van der Waals surface area (Å²) < 4.78 is 11.2. The normalized spacial score (nSPS) is 11.0. The molecule has 0 radical (unpaired) electrons. The van der Waals surface area contributed by atoms with E-state index in [1.54, 1.807) is 0 Å². The van der Waals surface area contributed by atoms with Crippen molar-refractivity contribution in [2.24, 2.45) is 5.73 Å². The number of ether oxygens (including phenoxy) is 2. The summed E-state index contributed by atoms with van der Waals surface area (Å²) in [6.45, 7) is 1.02. The number of fused-ring (bicyclic) bond motifs is 1. The Morgan fingerprint density at radius 3 is 2.75 bits per heavy atom. The van der Waals surface area contributed by atoms with Crippen LogP contribution in [0.4, 0.5) is 0 Å². The molecule has 3 rings (SSSR count). The van der Waals surface area contributed by atoms with Crippen LogP contribution in [0, 0.1) is 0 Å². The number of aromatic amines is 1. The van der Waals surface area contributed by atoms with E-state index in [-0.39, 0.29) is 28.7 Å². The number of benzene rings is 1. The largest absolute Gasteiger partial charge is 0.484 e. The lowest BCUT2D eigenvalue weighted by atomic mass is 10.1. The fourth-order valence-corrected chi connectivity index (χ4v) is 2.78. The van der Waals surface area contributed by atoms with E-state index < -0.39 is 0 Å². The molecule has 24 heavy (non-hydrogen) atoms. The highest BCUT2D eigenvalue weighted by molar-refractivity contribution is 6.33. The van der Waals surface area contributed by atoms with Crippen molar-refractivity contribution in [2.45, 2.75) is 6.42 Å². The molecular formula is C16H16Cl2N4O2. The minimum atomic E-state index is 0.00203. The first-order chi connectivity index (χ1) is 11.7. The van der Waals surface area contributed by atoms with Crippen LogP contribution in [0.5, 0.6) is 11.6 Å². The summed E-state index contributed by atoms with van der Waals surface area (Å²) in [5.41, 5.74) is 7.69. The van der Waals surface area contributed by atoms with Crippen LogP contribution in [-0.2, 0) is 6.42 Å². The molecule has 8 heteroatoms. The van der Waals surface area contributed by atoms with Gasteiger partial charge in [-0.1, -0.05) is 29.8 Å². The van der Waals surface area contributed by atoms with Gasteiger partial charge in [-0.25, -0.2) is 4.98 Å². The Morgan fingerprint density at radius 2 is 1.92 bits per heavy atom. The number of nitrogens with two attached hydrogens (primary N) is 1.